The van der Waals surface area contributed by atoms with Crippen molar-refractivity contribution in [2.45, 2.75) is 25.8 Å². The number of hydrogen-bond donors (Lipinski definition) is 1. The van der Waals surface area contributed by atoms with E-state index in [-0.39, 0.29) is 37.1 Å². The Morgan fingerprint density at radius 3 is 2.64 bits per heavy atom. The van der Waals surface area contributed by atoms with E-state index in [2.05, 4.69) is 10.2 Å². The fraction of sp³-hybridized carbons (Fsp3) is 0.263. The molecule has 3 aromatic rings. The second-order valence-corrected chi connectivity index (χ2v) is 6.42. The van der Waals surface area contributed by atoms with Gasteiger partial charge >= 0.3 is 5.97 Å². The number of aliphatic carboxylic acids is 1. The number of aryl methyl sites for hydroxylation is 3. The monoisotopic (exact) mass is 388 g/mol. The molecule has 0 radical (unpaired) electrons. The lowest BCUT2D eigenvalue weighted by Crippen LogP contribution is -2.26. The van der Waals surface area contributed by atoms with Gasteiger partial charge in [-0.2, -0.15) is 10.2 Å². The average molecular weight is 388 g/mol. The smallest absolute Gasteiger partial charge is 0.309 e. The Bertz CT molecular complexity index is 1080. The zero-order chi connectivity index (χ0) is 20.3. The molecule has 0 unspecified atom stereocenters. The van der Waals surface area contributed by atoms with Crippen molar-refractivity contribution in [2.24, 2.45) is 7.05 Å². The van der Waals surface area contributed by atoms with Crippen molar-refractivity contribution in [3.63, 3.8) is 0 Å². The van der Waals surface area contributed by atoms with Gasteiger partial charge in [-0.3, -0.25) is 14.3 Å². The number of aromatic nitrogens is 4. The third-order valence-electron chi connectivity index (χ3n) is 4.27. The molecule has 9 heteroatoms. The van der Waals surface area contributed by atoms with Crippen LogP contribution in [0.25, 0.3) is 0 Å². The van der Waals surface area contributed by atoms with Crippen LogP contribution in [0.15, 0.2) is 41.5 Å². The summed E-state index contributed by atoms with van der Waals surface area (Å²) < 4.78 is 30.0. The largest absolute Gasteiger partial charge is 0.481 e. The van der Waals surface area contributed by atoms with E-state index in [9.17, 15) is 18.4 Å². The van der Waals surface area contributed by atoms with E-state index in [1.54, 1.807) is 24.1 Å². The molecule has 0 spiro atoms. The quantitative estimate of drug-likeness (QED) is 0.666. The van der Waals surface area contributed by atoms with Gasteiger partial charge in [-0.05, 0) is 30.0 Å². The summed E-state index contributed by atoms with van der Waals surface area (Å²) in [7, 11) is 1.74. The highest BCUT2D eigenvalue weighted by molar-refractivity contribution is 5.69. The summed E-state index contributed by atoms with van der Waals surface area (Å²) in [6.07, 6.45) is 3.22. The van der Waals surface area contributed by atoms with Gasteiger partial charge in [0.15, 0.2) is 11.6 Å². The van der Waals surface area contributed by atoms with Crippen LogP contribution in [-0.4, -0.2) is 30.6 Å². The van der Waals surface area contributed by atoms with E-state index in [0.717, 1.165) is 11.6 Å². The van der Waals surface area contributed by atoms with Crippen LogP contribution in [0, 0.1) is 11.6 Å². The van der Waals surface area contributed by atoms with E-state index in [4.69, 9.17) is 5.11 Å². The molecular weight excluding hydrogens is 370 g/mol. The second-order valence-electron chi connectivity index (χ2n) is 6.42. The zero-order valence-corrected chi connectivity index (χ0v) is 15.1. The van der Waals surface area contributed by atoms with Crippen molar-refractivity contribution < 1.29 is 18.7 Å². The van der Waals surface area contributed by atoms with Crippen molar-refractivity contribution in [1.29, 1.82) is 0 Å². The van der Waals surface area contributed by atoms with Crippen LogP contribution < -0.4 is 5.56 Å². The van der Waals surface area contributed by atoms with Gasteiger partial charge in [-0.15, -0.1) is 0 Å². The van der Waals surface area contributed by atoms with Crippen molar-refractivity contribution in [2.75, 3.05) is 0 Å². The molecule has 3 rings (SSSR count). The van der Waals surface area contributed by atoms with Crippen molar-refractivity contribution in [3.8, 4) is 0 Å². The summed E-state index contributed by atoms with van der Waals surface area (Å²) in [5.41, 5.74) is 1.10. The minimum atomic E-state index is -1.10. The van der Waals surface area contributed by atoms with Crippen LogP contribution in [-0.2, 0) is 37.6 Å². The van der Waals surface area contributed by atoms with E-state index in [0.29, 0.717) is 5.56 Å². The van der Waals surface area contributed by atoms with Crippen LogP contribution in [0.4, 0.5) is 8.78 Å². The van der Waals surface area contributed by atoms with Gasteiger partial charge in [0.1, 0.15) is 0 Å². The lowest BCUT2D eigenvalue weighted by molar-refractivity contribution is -0.136. The topological polar surface area (TPSA) is 90.0 Å². The highest BCUT2D eigenvalue weighted by atomic mass is 19.2. The SMILES string of the molecule is Cn1cc(Cn2nc(CC(=O)O)c(CCc3cccc(F)c3F)cc2=O)cn1. The molecule has 0 bridgehead atoms. The van der Waals surface area contributed by atoms with E-state index in [1.807, 2.05) is 0 Å². The van der Waals surface area contributed by atoms with Crippen LogP contribution in [0.1, 0.15) is 22.4 Å². The van der Waals surface area contributed by atoms with Crippen LogP contribution in [0.2, 0.25) is 0 Å². The maximum absolute atomic E-state index is 13.8. The number of carboxylic acid groups (broad SMARTS) is 1. The van der Waals surface area contributed by atoms with Crippen LogP contribution in [0.5, 0.6) is 0 Å². The second kappa shape index (κ2) is 8.12. The maximum atomic E-state index is 13.8. The summed E-state index contributed by atoms with van der Waals surface area (Å²) >= 11 is 0. The first-order valence-corrected chi connectivity index (χ1v) is 8.55. The van der Waals surface area contributed by atoms with Gasteiger partial charge < -0.3 is 5.11 Å². The molecular formula is C19H18F2N4O3. The molecule has 0 amide bonds. The molecule has 0 aliphatic rings. The van der Waals surface area contributed by atoms with Crippen LogP contribution in [0.3, 0.4) is 0 Å². The minimum Gasteiger partial charge on any atom is -0.481 e. The van der Waals surface area contributed by atoms with Gasteiger partial charge in [-0.1, -0.05) is 12.1 Å². The van der Waals surface area contributed by atoms with Gasteiger partial charge in [0.05, 0.1) is 24.9 Å². The number of nitrogens with zero attached hydrogens (tertiary/aromatic N) is 4. The summed E-state index contributed by atoms with van der Waals surface area (Å²) in [6, 6.07) is 5.18. The molecule has 0 saturated heterocycles. The van der Waals surface area contributed by atoms with E-state index < -0.39 is 23.2 Å². The van der Waals surface area contributed by atoms with E-state index >= 15 is 0 Å². The first kappa shape index (κ1) is 19.4. The Labute approximate surface area is 158 Å². The maximum Gasteiger partial charge on any atom is 0.309 e. The molecule has 28 heavy (non-hydrogen) atoms. The highest BCUT2D eigenvalue weighted by Gasteiger charge is 2.15. The molecule has 146 valence electrons. The summed E-state index contributed by atoms with van der Waals surface area (Å²) in [5.74, 6) is -2.99. The van der Waals surface area contributed by atoms with E-state index in [1.165, 1.54) is 22.9 Å². The molecule has 1 aromatic carbocycles. The Morgan fingerprint density at radius 1 is 1.21 bits per heavy atom. The third kappa shape index (κ3) is 4.48. The minimum absolute atomic E-state index is 0.115. The predicted octanol–water partition coefficient (Wildman–Crippen LogP) is 1.72. The Balaban J connectivity index is 1.89. The summed E-state index contributed by atoms with van der Waals surface area (Å²) in [6.45, 7) is 0.151. The first-order valence-electron chi connectivity index (χ1n) is 8.55. The molecule has 0 saturated carbocycles. The average Bonchev–Trinajstić information content (AvgIpc) is 3.04. The van der Waals surface area contributed by atoms with Gasteiger partial charge in [0.2, 0.25) is 0 Å². The van der Waals surface area contributed by atoms with Crippen molar-refractivity contribution >= 4 is 5.97 Å². The third-order valence-corrected chi connectivity index (χ3v) is 4.27. The van der Waals surface area contributed by atoms with Gasteiger partial charge in [0.25, 0.3) is 5.56 Å². The highest BCUT2D eigenvalue weighted by Crippen LogP contribution is 2.15. The van der Waals surface area contributed by atoms with Gasteiger partial charge in [0, 0.05) is 24.9 Å². The number of hydrogen-bond acceptors (Lipinski definition) is 4. The number of halogens is 2. The standard InChI is InChI=1S/C19H18F2N4O3/c1-24-10-12(9-22-24)11-25-17(26)7-14(16(23-25)8-18(27)28)6-5-13-3-2-4-15(20)19(13)21/h2-4,7,9-10H,5-6,8,11H2,1H3,(H,27,28). The normalized spacial score (nSPS) is 11.0. The molecule has 1 N–H and O–H groups in total. The lowest BCUT2D eigenvalue weighted by atomic mass is 10.0. The number of carbonyl (C=O) groups is 1. The van der Waals surface area contributed by atoms with Crippen LogP contribution >= 0.6 is 0 Å². The first-order chi connectivity index (χ1) is 13.3. The molecule has 0 fully saturated rings. The number of rotatable bonds is 7. The zero-order valence-electron chi connectivity index (χ0n) is 15.1. The molecule has 2 heterocycles. The van der Waals surface area contributed by atoms with Crippen molar-refractivity contribution in [1.82, 2.24) is 19.6 Å². The Kier molecular flexibility index (Phi) is 5.62. The molecule has 0 aliphatic heterocycles. The number of carboxylic acids is 1. The summed E-state index contributed by atoms with van der Waals surface area (Å²) in [5, 5.41) is 17.4. The number of benzene rings is 1. The van der Waals surface area contributed by atoms with Crippen molar-refractivity contribution in [3.05, 3.63) is 81.0 Å². The molecule has 0 atom stereocenters. The molecule has 7 nitrogen and oxygen atoms in total. The predicted molar refractivity (Wildman–Crippen MR) is 95.9 cm³/mol. The lowest BCUT2D eigenvalue weighted by Gasteiger charge is -2.11. The van der Waals surface area contributed by atoms with Gasteiger partial charge in [-0.25, -0.2) is 13.5 Å². The fourth-order valence-electron chi connectivity index (χ4n) is 2.93. The summed E-state index contributed by atoms with van der Waals surface area (Å²) in [4.78, 5) is 23.6. The molecule has 2 aromatic heterocycles. The Morgan fingerprint density at radius 2 is 1.96 bits per heavy atom. The fourth-order valence-corrected chi connectivity index (χ4v) is 2.93. The Hall–Kier alpha value is -3.36. The molecule has 0 aliphatic carbocycles.